The molecule has 7 nitrogen and oxygen atoms in total. The molecule has 1 aliphatic rings. The van der Waals surface area contributed by atoms with Crippen molar-refractivity contribution in [3.05, 3.63) is 70.2 Å². The average Bonchev–Trinajstić information content (AvgIpc) is 3.36. The highest BCUT2D eigenvalue weighted by Gasteiger charge is 2.26. The summed E-state index contributed by atoms with van der Waals surface area (Å²) in [5, 5.41) is 8.80. The maximum atomic E-state index is 13.0. The van der Waals surface area contributed by atoms with Gasteiger partial charge >= 0.3 is 6.09 Å². The van der Waals surface area contributed by atoms with Gasteiger partial charge < -0.3 is 15.0 Å². The van der Waals surface area contributed by atoms with E-state index in [9.17, 15) is 9.59 Å². The molecule has 0 radical (unpaired) electrons. The van der Waals surface area contributed by atoms with Gasteiger partial charge in [0.25, 0.3) is 5.91 Å². The molecule has 0 spiro atoms. The van der Waals surface area contributed by atoms with Gasteiger partial charge in [-0.25, -0.2) is 9.78 Å². The van der Waals surface area contributed by atoms with Crippen LogP contribution in [-0.2, 0) is 4.74 Å². The monoisotopic (exact) mass is 508 g/mol. The van der Waals surface area contributed by atoms with E-state index in [4.69, 9.17) is 17.0 Å². The number of piperidine rings is 1. The Labute approximate surface area is 214 Å². The molecular formula is C26H28N4O3S2. The predicted octanol–water partition coefficient (Wildman–Crippen LogP) is 5.58. The number of hydrogen-bond acceptors (Lipinski definition) is 6. The van der Waals surface area contributed by atoms with Crippen molar-refractivity contribution in [2.75, 3.05) is 25.0 Å². The van der Waals surface area contributed by atoms with E-state index in [1.165, 1.54) is 11.3 Å². The Morgan fingerprint density at radius 1 is 1.17 bits per heavy atom. The molecule has 2 N–H and O–H groups in total. The molecule has 9 heteroatoms. The molecule has 182 valence electrons. The number of nitrogens with zero attached hydrogens (tertiary/aromatic N) is 2. The minimum absolute atomic E-state index is 0.217. The highest BCUT2D eigenvalue weighted by molar-refractivity contribution is 7.80. The number of thiazole rings is 1. The van der Waals surface area contributed by atoms with Crippen molar-refractivity contribution < 1.29 is 14.3 Å². The van der Waals surface area contributed by atoms with E-state index in [2.05, 4.69) is 21.7 Å². The maximum Gasteiger partial charge on any atom is 0.413 e. The molecule has 35 heavy (non-hydrogen) atoms. The van der Waals surface area contributed by atoms with Crippen LogP contribution in [0.25, 0.3) is 11.1 Å². The van der Waals surface area contributed by atoms with Crippen molar-refractivity contribution in [2.24, 2.45) is 0 Å². The summed E-state index contributed by atoms with van der Waals surface area (Å²) in [6.45, 7) is 5.50. The van der Waals surface area contributed by atoms with E-state index < -0.39 is 6.09 Å². The number of likely N-dealkylation sites (tertiary alicyclic amines) is 1. The van der Waals surface area contributed by atoms with Gasteiger partial charge in [-0.2, -0.15) is 0 Å². The van der Waals surface area contributed by atoms with Crippen LogP contribution in [0.5, 0.6) is 0 Å². The molecule has 1 aliphatic heterocycles. The van der Waals surface area contributed by atoms with E-state index in [0.29, 0.717) is 30.5 Å². The van der Waals surface area contributed by atoms with Gasteiger partial charge in [0, 0.05) is 35.6 Å². The lowest BCUT2D eigenvalue weighted by Crippen LogP contribution is -2.46. The van der Waals surface area contributed by atoms with Crippen molar-refractivity contribution in [3.8, 4) is 11.1 Å². The van der Waals surface area contributed by atoms with Crippen LogP contribution in [-0.4, -0.2) is 46.7 Å². The molecule has 1 saturated heterocycles. The van der Waals surface area contributed by atoms with Crippen molar-refractivity contribution in [2.45, 2.75) is 32.6 Å². The van der Waals surface area contributed by atoms with Crippen molar-refractivity contribution >= 4 is 46.4 Å². The molecule has 2 amide bonds. The lowest BCUT2D eigenvalue weighted by molar-refractivity contribution is 0.102. The topological polar surface area (TPSA) is 83.6 Å². The first kappa shape index (κ1) is 24.8. The molecule has 1 aromatic heterocycles. The largest absolute Gasteiger partial charge is 0.450 e. The van der Waals surface area contributed by atoms with Gasteiger partial charge in [-0.05, 0) is 56.6 Å². The second-order valence-corrected chi connectivity index (χ2v) is 9.63. The van der Waals surface area contributed by atoms with Crippen molar-refractivity contribution in [3.63, 3.8) is 0 Å². The maximum absolute atomic E-state index is 13.0. The van der Waals surface area contributed by atoms with Crippen LogP contribution in [0.2, 0.25) is 0 Å². The summed E-state index contributed by atoms with van der Waals surface area (Å²) < 4.78 is 4.89. The van der Waals surface area contributed by atoms with Crippen LogP contribution in [0.4, 0.5) is 10.5 Å². The molecule has 2 heterocycles. The summed E-state index contributed by atoms with van der Waals surface area (Å²) in [5.74, 6) is 0.0354. The average molecular weight is 509 g/mol. The molecule has 0 atom stereocenters. The highest BCUT2D eigenvalue weighted by Crippen LogP contribution is 2.32. The lowest BCUT2D eigenvalue weighted by atomic mass is 9.98. The fourth-order valence-corrected chi connectivity index (χ4v) is 5.29. The van der Waals surface area contributed by atoms with Crippen LogP contribution in [0.15, 0.2) is 53.9 Å². The number of alkyl carbamates (subject to hydrolysis) is 1. The molecule has 0 saturated carbocycles. The van der Waals surface area contributed by atoms with E-state index in [0.717, 1.165) is 40.2 Å². The molecule has 1 fully saturated rings. The van der Waals surface area contributed by atoms with Gasteiger partial charge in [-0.1, -0.05) is 42.0 Å². The zero-order valence-corrected chi connectivity index (χ0v) is 21.4. The predicted molar refractivity (Wildman–Crippen MR) is 143 cm³/mol. The van der Waals surface area contributed by atoms with E-state index in [-0.39, 0.29) is 11.8 Å². The Balaban J connectivity index is 1.38. The standard InChI is InChI=1S/C26H28N4O3S2/c1-3-33-26(32)29-25(34)30-13-11-19(12-14-30)24-28-22(16-35-24)23(31)27-21-10-9-17(2)15-20(21)18-7-5-4-6-8-18/h4-10,15-16,19H,3,11-14H2,1-2H3,(H,27,31)(H,29,32,34). The summed E-state index contributed by atoms with van der Waals surface area (Å²) >= 11 is 6.83. The van der Waals surface area contributed by atoms with Gasteiger partial charge in [0.15, 0.2) is 5.11 Å². The van der Waals surface area contributed by atoms with Crippen LogP contribution >= 0.6 is 23.6 Å². The summed E-state index contributed by atoms with van der Waals surface area (Å²) in [6, 6.07) is 16.0. The minimum Gasteiger partial charge on any atom is -0.450 e. The number of carbonyl (C=O) groups is 2. The van der Waals surface area contributed by atoms with Gasteiger partial charge in [-0.15, -0.1) is 11.3 Å². The van der Waals surface area contributed by atoms with Gasteiger partial charge in [0.05, 0.1) is 11.6 Å². The van der Waals surface area contributed by atoms with Crippen molar-refractivity contribution in [1.82, 2.24) is 15.2 Å². The number of amides is 2. The molecule has 2 aromatic carbocycles. The first-order valence-electron chi connectivity index (χ1n) is 11.6. The fraction of sp³-hybridized carbons (Fsp3) is 0.308. The number of aromatic nitrogens is 1. The highest BCUT2D eigenvalue weighted by atomic mass is 32.1. The number of thiocarbonyl (C=S) groups is 1. The number of ether oxygens (including phenoxy) is 1. The molecular weight excluding hydrogens is 480 g/mol. The number of anilines is 1. The molecule has 0 aliphatic carbocycles. The third-order valence-electron chi connectivity index (χ3n) is 5.88. The van der Waals surface area contributed by atoms with Crippen LogP contribution in [0.3, 0.4) is 0 Å². The quantitative estimate of drug-likeness (QED) is 0.438. The summed E-state index contributed by atoms with van der Waals surface area (Å²) in [7, 11) is 0. The fourth-order valence-electron chi connectivity index (χ4n) is 4.05. The first-order chi connectivity index (χ1) is 16.9. The number of nitrogens with one attached hydrogen (secondary N) is 2. The second kappa shape index (κ2) is 11.4. The second-order valence-electron chi connectivity index (χ2n) is 8.35. The number of benzene rings is 2. The Bertz CT molecular complexity index is 1200. The third-order valence-corrected chi connectivity index (χ3v) is 7.25. The molecule has 0 unspecified atom stereocenters. The van der Waals surface area contributed by atoms with E-state index in [1.807, 2.05) is 59.7 Å². The third kappa shape index (κ3) is 6.23. The van der Waals surface area contributed by atoms with Crippen LogP contribution in [0.1, 0.15) is 46.7 Å². The van der Waals surface area contributed by atoms with Gasteiger partial charge in [0.2, 0.25) is 0 Å². The molecule has 0 bridgehead atoms. The minimum atomic E-state index is -0.529. The Kier molecular flexibility index (Phi) is 8.09. The molecule has 4 rings (SSSR count). The van der Waals surface area contributed by atoms with E-state index >= 15 is 0 Å². The number of carbonyl (C=O) groups excluding carboxylic acids is 2. The lowest BCUT2D eigenvalue weighted by Gasteiger charge is -2.32. The Morgan fingerprint density at radius 2 is 1.91 bits per heavy atom. The summed E-state index contributed by atoms with van der Waals surface area (Å²) in [4.78, 5) is 31.3. The Hall–Kier alpha value is -3.30. The van der Waals surface area contributed by atoms with E-state index in [1.54, 1.807) is 6.92 Å². The van der Waals surface area contributed by atoms with Crippen molar-refractivity contribution in [1.29, 1.82) is 0 Å². The van der Waals surface area contributed by atoms with Crippen LogP contribution < -0.4 is 10.6 Å². The molecule has 3 aromatic rings. The first-order valence-corrected chi connectivity index (χ1v) is 12.9. The summed E-state index contributed by atoms with van der Waals surface area (Å²) in [6.07, 6.45) is 1.16. The van der Waals surface area contributed by atoms with Gasteiger partial charge in [-0.3, -0.25) is 10.1 Å². The normalized spacial score (nSPS) is 13.8. The number of rotatable bonds is 5. The zero-order valence-electron chi connectivity index (χ0n) is 19.7. The van der Waals surface area contributed by atoms with Crippen LogP contribution in [0, 0.1) is 6.92 Å². The Morgan fingerprint density at radius 3 is 2.63 bits per heavy atom. The summed E-state index contributed by atoms with van der Waals surface area (Å²) in [5.41, 5.74) is 4.34. The van der Waals surface area contributed by atoms with Gasteiger partial charge in [0.1, 0.15) is 5.69 Å². The number of hydrogen-bond donors (Lipinski definition) is 2. The zero-order chi connectivity index (χ0) is 24.8. The number of aryl methyl sites for hydroxylation is 1. The smallest absolute Gasteiger partial charge is 0.413 e. The SMILES string of the molecule is CCOC(=O)NC(=S)N1CCC(c2nc(C(=O)Nc3ccc(C)cc3-c3ccccc3)cs2)CC1.